The Morgan fingerprint density at radius 1 is 1.38 bits per heavy atom. The van der Waals surface area contributed by atoms with Crippen LogP contribution in [0.3, 0.4) is 0 Å². The second-order valence-electron chi connectivity index (χ2n) is 4.03. The molecule has 16 heavy (non-hydrogen) atoms. The van der Waals surface area contributed by atoms with Gasteiger partial charge in [-0.15, -0.1) is 0 Å². The van der Waals surface area contributed by atoms with Crippen LogP contribution in [0.15, 0.2) is 22.7 Å². The lowest BCUT2D eigenvalue weighted by molar-refractivity contribution is 0.722. The molecule has 0 aliphatic heterocycles. The van der Waals surface area contributed by atoms with Gasteiger partial charge in [0.05, 0.1) is 11.2 Å². The number of para-hydroxylation sites is 1. The largest absolute Gasteiger partial charge is 0.328 e. The number of nitrogens with two attached hydrogens (primary N) is 1. The molecule has 0 aliphatic rings. The Kier molecular flexibility index (Phi) is 3.21. The lowest BCUT2D eigenvalue weighted by Crippen LogP contribution is -2.19. The molecule has 1 aromatic carbocycles. The van der Waals surface area contributed by atoms with Crippen molar-refractivity contribution < 1.29 is 0 Å². The first kappa shape index (κ1) is 11.5. The molecule has 1 atom stereocenters. The maximum absolute atomic E-state index is 5.83. The van der Waals surface area contributed by atoms with Gasteiger partial charge < -0.3 is 5.73 Å². The van der Waals surface area contributed by atoms with Crippen LogP contribution in [0.4, 0.5) is 0 Å². The van der Waals surface area contributed by atoms with Gasteiger partial charge in [0.25, 0.3) is 0 Å². The highest BCUT2D eigenvalue weighted by Crippen LogP contribution is 2.24. The highest BCUT2D eigenvalue weighted by molar-refractivity contribution is 9.10. The van der Waals surface area contributed by atoms with E-state index in [9.17, 15) is 0 Å². The molecule has 2 N–H and O–H groups in total. The summed E-state index contributed by atoms with van der Waals surface area (Å²) in [5.41, 5.74) is 7.82. The van der Waals surface area contributed by atoms with Crippen molar-refractivity contribution in [3.63, 3.8) is 0 Å². The van der Waals surface area contributed by atoms with Gasteiger partial charge >= 0.3 is 0 Å². The van der Waals surface area contributed by atoms with Gasteiger partial charge in [0.15, 0.2) is 0 Å². The van der Waals surface area contributed by atoms with E-state index in [0.717, 1.165) is 33.3 Å². The van der Waals surface area contributed by atoms with E-state index in [1.165, 1.54) is 0 Å². The lowest BCUT2D eigenvalue weighted by atomic mass is 10.1. The van der Waals surface area contributed by atoms with Crippen LogP contribution < -0.4 is 5.73 Å². The van der Waals surface area contributed by atoms with Crippen molar-refractivity contribution >= 4 is 26.8 Å². The minimum absolute atomic E-state index is 0.108. The Balaban J connectivity index is 2.68. The van der Waals surface area contributed by atoms with Crippen molar-refractivity contribution in [2.75, 3.05) is 0 Å². The molecule has 0 saturated heterocycles. The molecule has 84 valence electrons. The molecule has 1 aromatic heterocycles. The molecule has 4 heteroatoms. The predicted octanol–water partition coefficient (Wildman–Crippen LogP) is 2.59. The van der Waals surface area contributed by atoms with Crippen LogP contribution in [0.2, 0.25) is 0 Å². The molecule has 0 radical (unpaired) electrons. The number of nitrogens with zero attached hydrogens (tertiary/aromatic N) is 2. The summed E-state index contributed by atoms with van der Waals surface area (Å²) in [7, 11) is 0. The van der Waals surface area contributed by atoms with Crippen LogP contribution in [0.1, 0.15) is 18.4 Å². The number of fused-ring (bicyclic) bond motifs is 1. The van der Waals surface area contributed by atoms with Gasteiger partial charge in [-0.25, -0.2) is 9.97 Å². The summed E-state index contributed by atoms with van der Waals surface area (Å²) in [5.74, 6) is 0.787. The molecule has 0 spiro atoms. The zero-order chi connectivity index (χ0) is 11.7. The third kappa shape index (κ3) is 2.23. The van der Waals surface area contributed by atoms with Gasteiger partial charge in [-0.3, -0.25) is 0 Å². The zero-order valence-electron chi connectivity index (χ0n) is 9.37. The first-order chi connectivity index (χ1) is 7.58. The summed E-state index contributed by atoms with van der Waals surface area (Å²) in [6.45, 7) is 3.89. The first-order valence-corrected chi connectivity index (χ1v) is 6.04. The highest BCUT2D eigenvalue weighted by Gasteiger charge is 2.09. The third-order valence-electron chi connectivity index (χ3n) is 2.38. The Morgan fingerprint density at radius 3 is 2.81 bits per heavy atom. The average molecular weight is 280 g/mol. The smallest absolute Gasteiger partial charge is 0.126 e. The summed E-state index contributed by atoms with van der Waals surface area (Å²) in [6, 6.07) is 6.13. The number of hydrogen-bond donors (Lipinski definition) is 1. The van der Waals surface area contributed by atoms with E-state index in [-0.39, 0.29) is 6.04 Å². The molecule has 0 fully saturated rings. The maximum atomic E-state index is 5.83. The fourth-order valence-corrected chi connectivity index (χ4v) is 2.22. The normalized spacial score (nSPS) is 13.0. The van der Waals surface area contributed by atoms with Gasteiger partial charge in [-0.2, -0.15) is 0 Å². The van der Waals surface area contributed by atoms with Crippen LogP contribution in [-0.2, 0) is 6.42 Å². The Morgan fingerprint density at radius 2 is 2.12 bits per heavy atom. The van der Waals surface area contributed by atoms with E-state index < -0.39 is 0 Å². The molecule has 1 heterocycles. The van der Waals surface area contributed by atoms with E-state index in [4.69, 9.17) is 5.73 Å². The van der Waals surface area contributed by atoms with Gasteiger partial charge in [0.2, 0.25) is 0 Å². The molecule has 0 saturated carbocycles. The van der Waals surface area contributed by atoms with Gasteiger partial charge in [0, 0.05) is 22.3 Å². The number of hydrogen-bond acceptors (Lipinski definition) is 3. The van der Waals surface area contributed by atoms with Crippen molar-refractivity contribution in [1.82, 2.24) is 9.97 Å². The Hall–Kier alpha value is -1.00. The molecule has 2 aromatic rings. The lowest BCUT2D eigenvalue weighted by Gasteiger charge is -2.09. The van der Waals surface area contributed by atoms with E-state index in [1.54, 1.807) is 0 Å². The number of benzene rings is 1. The Bertz CT molecular complexity index is 523. The first-order valence-electron chi connectivity index (χ1n) is 5.25. The van der Waals surface area contributed by atoms with Crippen LogP contribution in [0, 0.1) is 6.92 Å². The fraction of sp³-hybridized carbons (Fsp3) is 0.333. The van der Waals surface area contributed by atoms with Crippen molar-refractivity contribution in [1.29, 1.82) is 0 Å². The summed E-state index contributed by atoms with van der Waals surface area (Å²) >= 11 is 3.51. The van der Waals surface area contributed by atoms with Gasteiger partial charge in [0.1, 0.15) is 5.82 Å². The number of aromatic nitrogens is 2. The summed E-state index contributed by atoms with van der Waals surface area (Å²) in [6.07, 6.45) is 0.774. The van der Waals surface area contributed by atoms with Crippen LogP contribution in [0.25, 0.3) is 10.9 Å². The molecule has 0 bridgehead atoms. The Labute approximate surface area is 103 Å². The summed E-state index contributed by atoms with van der Waals surface area (Å²) in [4.78, 5) is 8.91. The monoisotopic (exact) mass is 279 g/mol. The third-order valence-corrected chi connectivity index (χ3v) is 3.02. The van der Waals surface area contributed by atoms with Crippen LogP contribution in [-0.4, -0.2) is 16.0 Å². The molecular formula is C12H14BrN3. The quantitative estimate of drug-likeness (QED) is 0.919. The molecule has 2 rings (SSSR count). The predicted molar refractivity (Wildman–Crippen MR) is 69.3 cm³/mol. The molecule has 0 amide bonds. The minimum atomic E-state index is 0.108. The minimum Gasteiger partial charge on any atom is -0.328 e. The van der Waals surface area contributed by atoms with Crippen molar-refractivity contribution in [2.24, 2.45) is 5.73 Å². The van der Waals surface area contributed by atoms with Gasteiger partial charge in [-0.1, -0.05) is 12.1 Å². The van der Waals surface area contributed by atoms with E-state index in [0.29, 0.717) is 0 Å². The number of aryl methyl sites for hydroxylation is 1. The molecule has 1 unspecified atom stereocenters. The second kappa shape index (κ2) is 4.47. The zero-order valence-corrected chi connectivity index (χ0v) is 11.0. The molecule has 0 aliphatic carbocycles. The maximum Gasteiger partial charge on any atom is 0.126 e. The van der Waals surface area contributed by atoms with Crippen molar-refractivity contribution in [3.05, 3.63) is 34.2 Å². The van der Waals surface area contributed by atoms with E-state index in [1.807, 2.05) is 32.0 Å². The van der Waals surface area contributed by atoms with E-state index >= 15 is 0 Å². The molecular weight excluding hydrogens is 266 g/mol. The van der Waals surface area contributed by atoms with E-state index in [2.05, 4.69) is 25.9 Å². The number of halogens is 1. The summed E-state index contributed by atoms with van der Waals surface area (Å²) < 4.78 is 1.00. The highest BCUT2D eigenvalue weighted by atomic mass is 79.9. The average Bonchev–Trinajstić information content (AvgIpc) is 2.18. The standard InChI is InChI=1S/C12H14BrN3/c1-7(14)6-11-9-4-3-5-10(13)12(9)16-8(2)15-11/h3-5,7H,6,14H2,1-2H3. The fourth-order valence-electron chi connectivity index (χ4n) is 1.76. The second-order valence-corrected chi connectivity index (χ2v) is 4.89. The molecule has 3 nitrogen and oxygen atoms in total. The van der Waals surface area contributed by atoms with Crippen molar-refractivity contribution in [3.8, 4) is 0 Å². The summed E-state index contributed by atoms with van der Waals surface area (Å²) in [5, 5.41) is 1.08. The van der Waals surface area contributed by atoms with Crippen molar-refractivity contribution in [2.45, 2.75) is 26.3 Å². The van der Waals surface area contributed by atoms with Gasteiger partial charge in [-0.05, 0) is 35.8 Å². The van der Waals surface area contributed by atoms with Crippen LogP contribution >= 0.6 is 15.9 Å². The van der Waals surface area contributed by atoms with Crippen LogP contribution in [0.5, 0.6) is 0 Å². The number of rotatable bonds is 2. The topological polar surface area (TPSA) is 51.8 Å². The SMILES string of the molecule is Cc1nc(CC(C)N)c2cccc(Br)c2n1.